The Bertz CT molecular complexity index is 346. The lowest BCUT2D eigenvalue weighted by Gasteiger charge is -1.96. The summed E-state index contributed by atoms with van der Waals surface area (Å²) in [5, 5.41) is 0. The molecule has 0 aliphatic carbocycles. The van der Waals surface area contributed by atoms with Crippen molar-refractivity contribution in [2.24, 2.45) is 0 Å². The van der Waals surface area contributed by atoms with Gasteiger partial charge in [-0.15, -0.1) is 0 Å². The van der Waals surface area contributed by atoms with Gasteiger partial charge in [0.2, 0.25) is 0 Å². The van der Waals surface area contributed by atoms with E-state index in [9.17, 15) is 4.79 Å². The fourth-order valence-electron chi connectivity index (χ4n) is 0.985. The predicted molar refractivity (Wildman–Crippen MR) is 63.8 cm³/mol. The summed E-state index contributed by atoms with van der Waals surface area (Å²) in [5.74, 6) is -0.326. The van der Waals surface area contributed by atoms with Crippen LogP contribution in [0, 0.1) is 0 Å². The van der Waals surface area contributed by atoms with E-state index in [0.717, 1.165) is 10.5 Å². The van der Waals surface area contributed by atoms with E-state index in [-0.39, 0.29) is 5.97 Å². The summed E-state index contributed by atoms with van der Waals surface area (Å²) < 4.78 is 4.76. The van der Waals surface area contributed by atoms with Crippen LogP contribution in [-0.2, 0) is 9.53 Å². The zero-order valence-electron chi connectivity index (χ0n) is 8.27. The van der Waals surface area contributed by atoms with Gasteiger partial charge in [-0.3, -0.25) is 0 Å². The number of benzene rings is 1. The first-order valence-electron chi connectivity index (χ1n) is 4.49. The summed E-state index contributed by atoms with van der Waals surface area (Å²) in [7, 11) is 6.74. The van der Waals surface area contributed by atoms with Crippen LogP contribution < -0.4 is 0 Å². The van der Waals surface area contributed by atoms with Crippen molar-refractivity contribution in [1.82, 2.24) is 0 Å². The SMILES string of the molecule is CCOC(=O)/C=C/c1ccc(SCl)cc1. The van der Waals surface area contributed by atoms with Crippen LogP contribution in [-0.4, -0.2) is 12.6 Å². The maximum absolute atomic E-state index is 11.0. The monoisotopic (exact) mass is 242 g/mol. The normalized spacial score (nSPS) is 10.5. The topological polar surface area (TPSA) is 26.3 Å². The van der Waals surface area contributed by atoms with Crippen LogP contribution in [0.2, 0.25) is 0 Å². The molecular weight excluding hydrogens is 232 g/mol. The Labute approximate surface area is 97.8 Å². The number of esters is 1. The Morgan fingerprint density at radius 1 is 1.47 bits per heavy atom. The number of hydrogen-bond acceptors (Lipinski definition) is 3. The van der Waals surface area contributed by atoms with Crippen molar-refractivity contribution in [2.45, 2.75) is 11.8 Å². The van der Waals surface area contributed by atoms with E-state index in [0.29, 0.717) is 6.61 Å². The van der Waals surface area contributed by atoms with Gasteiger partial charge < -0.3 is 4.74 Å². The van der Waals surface area contributed by atoms with E-state index in [1.807, 2.05) is 24.3 Å². The highest BCUT2D eigenvalue weighted by atomic mass is 35.7. The van der Waals surface area contributed by atoms with Crippen molar-refractivity contribution in [3.8, 4) is 0 Å². The molecule has 80 valence electrons. The van der Waals surface area contributed by atoms with Gasteiger partial charge >= 0.3 is 5.97 Å². The number of ether oxygens (including phenoxy) is 1. The van der Waals surface area contributed by atoms with E-state index in [1.54, 1.807) is 13.0 Å². The van der Waals surface area contributed by atoms with Crippen LogP contribution in [0.5, 0.6) is 0 Å². The molecule has 0 saturated carbocycles. The molecule has 2 nitrogen and oxygen atoms in total. The van der Waals surface area contributed by atoms with E-state index in [4.69, 9.17) is 15.4 Å². The second-order valence-corrected chi connectivity index (χ2v) is 3.82. The zero-order valence-corrected chi connectivity index (χ0v) is 9.85. The molecule has 0 aliphatic rings. The summed E-state index contributed by atoms with van der Waals surface area (Å²) in [4.78, 5) is 12.0. The van der Waals surface area contributed by atoms with Gasteiger partial charge in [0.05, 0.1) is 6.61 Å². The number of hydrogen-bond donors (Lipinski definition) is 0. The molecule has 0 bridgehead atoms. The highest BCUT2D eigenvalue weighted by molar-refractivity contribution is 8.21. The minimum atomic E-state index is -0.326. The molecule has 0 unspecified atom stereocenters. The van der Waals surface area contributed by atoms with E-state index >= 15 is 0 Å². The largest absolute Gasteiger partial charge is 0.463 e. The molecule has 0 N–H and O–H groups in total. The van der Waals surface area contributed by atoms with Crippen LogP contribution in [0.4, 0.5) is 0 Å². The third-order valence-electron chi connectivity index (χ3n) is 1.67. The first-order chi connectivity index (χ1) is 7.26. The first-order valence-corrected chi connectivity index (χ1v) is 6.14. The summed E-state index contributed by atoms with van der Waals surface area (Å²) in [6, 6.07) is 7.56. The first kappa shape index (κ1) is 12.1. The van der Waals surface area contributed by atoms with Gasteiger partial charge in [0, 0.05) is 11.0 Å². The maximum atomic E-state index is 11.0. The number of rotatable bonds is 4. The molecule has 0 spiro atoms. The number of halogens is 1. The van der Waals surface area contributed by atoms with Gasteiger partial charge in [-0.25, -0.2) is 4.79 Å². The Kier molecular flexibility index (Phi) is 5.29. The summed E-state index contributed by atoms with van der Waals surface area (Å²) in [6.07, 6.45) is 3.12. The minimum Gasteiger partial charge on any atom is -0.463 e. The molecule has 0 radical (unpaired) electrons. The lowest BCUT2D eigenvalue weighted by Crippen LogP contribution is -1.98. The Morgan fingerprint density at radius 3 is 2.67 bits per heavy atom. The summed E-state index contributed by atoms with van der Waals surface area (Å²) in [6.45, 7) is 2.17. The Morgan fingerprint density at radius 2 is 2.13 bits per heavy atom. The molecule has 0 saturated heterocycles. The summed E-state index contributed by atoms with van der Waals surface area (Å²) >= 11 is 0. The second kappa shape index (κ2) is 6.53. The van der Waals surface area contributed by atoms with Crippen LogP contribution in [0.15, 0.2) is 35.2 Å². The fourth-order valence-corrected chi connectivity index (χ4v) is 1.53. The standard InChI is InChI=1S/C11H11ClO2S/c1-2-14-11(13)8-5-9-3-6-10(15-12)7-4-9/h3-8H,2H2,1H3/b8-5+. The zero-order chi connectivity index (χ0) is 11.1. The van der Waals surface area contributed by atoms with Crippen LogP contribution in [0.3, 0.4) is 0 Å². The third-order valence-corrected chi connectivity index (χ3v) is 2.65. The quantitative estimate of drug-likeness (QED) is 0.597. The lowest BCUT2D eigenvalue weighted by atomic mass is 10.2. The van der Waals surface area contributed by atoms with Gasteiger partial charge in [-0.05, 0) is 52.4 Å². The van der Waals surface area contributed by atoms with E-state index < -0.39 is 0 Å². The molecular formula is C11H11ClO2S. The minimum absolute atomic E-state index is 0.326. The van der Waals surface area contributed by atoms with E-state index in [2.05, 4.69) is 0 Å². The van der Waals surface area contributed by atoms with E-state index in [1.165, 1.54) is 17.1 Å². The smallest absolute Gasteiger partial charge is 0.330 e. The van der Waals surface area contributed by atoms with Crippen LogP contribution in [0.25, 0.3) is 6.08 Å². The van der Waals surface area contributed by atoms with Gasteiger partial charge in [0.15, 0.2) is 0 Å². The molecule has 1 rings (SSSR count). The van der Waals surface area contributed by atoms with Crippen molar-refractivity contribution in [3.63, 3.8) is 0 Å². The van der Waals surface area contributed by atoms with Gasteiger partial charge in [-0.1, -0.05) is 12.1 Å². The highest BCUT2D eigenvalue weighted by Gasteiger charge is 1.94. The molecule has 0 heterocycles. The molecule has 0 atom stereocenters. The molecule has 4 heteroatoms. The number of carbonyl (C=O) groups is 1. The van der Waals surface area contributed by atoms with Crippen molar-refractivity contribution in [3.05, 3.63) is 35.9 Å². The van der Waals surface area contributed by atoms with Crippen LogP contribution >= 0.6 is 21.7 Å². The molecule has 0 aromatic heterocycles. The fraction of sp³-hybridized carbons (Fsp3) is 0.182. The van der Waals surface area contributed by atoms with Gasteiger partial charge in [-0.2, -0.15) is 0 Å². The average molecular weight is 243 g/mol. The van der Waals surface area contributed by atoms with Crippen molar-refractivity contribution < 1.29 is 9.53 Å². The second-order valence-electron chi connectivity index (χ2n) is 2.73. The lowest BCUT2D eigenvalue weighted by molar-refractivity contribution is -0.137. The molecule has 0 amide bonds. The maximum Gasteiger partial charge on any atom is 0.330 e. The highest BCUT2D eigenvalue weighted by Crippen LogP contribution is 2.21. The summed E-state index contributed by atoms with van der Waals surface area (Å²) in [5.41, 5.74) is 0.942. The Balaban J connectivity index is 2.60. The van der Waals surface area contributed by atoms with Crippen molar-refractivity contribution in [2.75, 3.05) is 6.61 Å². The Hall–Kier alpha value is -0.930. The molecule has 0 aliphatic heterocycles. The van der Waals surface area contributed by atoms with Gasteiger partial charge in [0.25, 0.3) is 0 Å². The van der Waals surface area contributed by atoms with Gasteiger partial charge in [0.1, 0.15) is 0 Å². The molecule has 1 aromatic rings. The van der Waals surface area contributed by atoms with Crippen molar-refractivity contribution >= 4 is 33.7 Å². The molecule has 15 heavy (non-hydrogen) atoms. The van der Waals surface area contributed by atoms with Crippen LogP contribution in [0.1, 0.15) is 12.5 Å². The predicted octanol–water partition coefficient (Wildman–Crippen LogP) is 3.51. The molecule has 1 aromatic carbocycles. The third kappa shape index (κ3) is 4.40. The van der Waals surface area contributed by atoms with Crippen molar-refractivity contribution in [1.29, 1.82) is 0 Å². The average Bonchev–Trinajstić information content (AvgIpc) is 2.27. The molecule has 0 fully saturated rings. The number of carbonyl (C=O) groups excluding carboxylic acids is 1.